The molecule has 0 radical (unpaired) electrons. The van der Waals surface area contributed by atoms with Gasteiger partial charge in [-0.15, -0.1) is 0 Å². The molecule has 0 spiro atoms. The van der Waals surface area contributed by atoms with Gasteiger partial charge >= 0.3 is 0 Å². The minimum Gasteiger partial charge on any atom is -0.309 e. The largest absolute Gasteiger partial charge is 0.309 e. The fraction of sp³-hybridized carbons (Fsp3) is 0.632. The van der Waals surface area contributed by atoms with Crippen LogP contribution in [0.15, 0.2) is 23.1 Å². The summed E-state index contributed by atoms with van der Waals surface area (Å²) in [5, 5.41) is 0. The molecule has 3 aliphatic rings. The molecular formula is C19H26N2O3S. The Morgan fingerprint density at radius 1 is 1.08 bits per heavy atom. The molecule has 2 heterocycles. The van der Waals surface area contributed by atoms with Gasteiger partial charge in [0.1, 0.15) is 0 Å². The van der Waals surface area contributed by atoms with E-state index in [0.29, 0.717) is 18.0 Å². The first-order valence-electron chi connectivity index (χ1n) is 9.44. The number of carbonyl (C=O) groups excluding carboxylic acids is 1. The van der Waals surface area contributed by atoms with Crippen molar-refractivity contribution in [1.82, 2.24) is 4.31 Å². The number of anilines is 1. The Balaban J connectivity index is 1.62. The number of hydrogen-bond donors (Lipinski definition) is 0. The smallest absolute Gasteiger partial charge is 0.243 e. The Labute approximate surface area is 150 Å². The highest BCUT2D eigenvalue weighted by molar-refractivity contribution is 7.89. The van der Waals surface area contributed by atoms with Crippen molar-refractivity contribution in [3.8, 4) is 0 Å². The summed E-state index contributed by atoms with van der Waals surface area (Å²) in [5.74, 6) is 0.370. The Kier molecular flexibility index (Phi) is 4.36. The molecule has 1 amide bonds. The number of benzene rings is 1. The number of sulfonamides is 1. The molecule has 1 atom stereocenters. The Morgan fingerprint density at radius 3 is 2.44 bits per heavy atom. The van der Waals surface area contributed by atoms with Crippen LogP contribution in [0.4, 0.5) is 5.69 Å². The molecule has 2 fully saturated rings. The lowest BCUT2D eigenvalue weighted by molar-refractivity contribution is -0.125. The summed E-state index contributed by atoms with van der Waals surface area (Å²) in [6.45, 7) is 3.28. The van der Waals surface area contributed by atoms with Crippen LogP contribution < -0.4 is 4.90 Å². The lowest BCUT2D eigenvalue weighted by atomic mass is 9.84. The van der Waals surface area contributed by atoms with Crippen LogP contribution in [-0.2, 0) is 21.2 Å². The number of amides is 1. The molecule has 1 saturated carbocycles. The van der Waals surface area contributed by atoms with Crippen LogP contribution in [0.3, 0.4) is 0 Å². The average molecular weight is 362 g/mol. The van der Waals surface area contributed by atoms with Crippen molar-refractivity contribution in [3.05, 3.63) is 23.8 Å². The van der Waals surface area contributed by atoms with Crippen molar-refractivity contribution >= 4 is 21.6 Å². The van der Waals surface area contributed by atoms with E-state index in [2.05, 4.69) is 6.92 Å². The van der Waals surface area contributed by atoms with Gasteiger partial charge < -0.3 is 4.90 Å². The molecule has 25 heavy (non-hydrogen) atoms. The molecule has 136 valence electrons. The summed E-state index contributed by atoms with van der Waals surface area (Å²) >= 11 is 0. The summed E-state index contributed by atoms with van der Waals surface area (Å²) in [6, 6.07) is 5.42. The van der Waals surface area contributed by atoms with E-state index in [1.54, 1.807) is 16.4 Å². The summed E-state index contributed by atoms with van der Waals surface area (Å²) < 4.78 is 27.4. The van der Waals surface area contributed by atoms with Crippen LogP contribution in [0.25, 0.3) is 0 Å². The highest BCUT2D eigenvalue weighted by Crippen LogP contribution is 2.38. The molecule has 1 aromatic rings. The van der Waals surface area contributed by atoms with E-state index >= 15 is 0 Å². The number of nitrogens with zero attached hydrogens (tertiary/aromatic N) is 2. The molecule has 0 unspecified atom stereocenters. The maximum absolute atomic E-state index is 12.9. The third-order valence-electron chi connectivity index (χ3n) is 5.91. The number of carbonyl (C=O) groups is 1. The molecule has 0 aromatic heterocycles. The molecule has 6 heteroatoms. The zero-order valence-corrected chi connectivity index (χ0v) is 15.6. The van der Waals surface area contributed by atoms with Crippen LogP contribution in [0.1, 0.15) is 51.0 Å². The summed E-state index contributed by atoms with van der Waals surface area (Å²) in [6.07, 6.45) is 6.81. The van der Waals surface area contributed by atoms with E-state index < -0.39 is 10.0 Å². The van der Waals surface area contributed by atoms with Gasteiger partial charge in [0.2, 0.25) is 15.9 Å². The van der Waals surface area contributed by atoms with Crippen molar-refractivity contribution in [2.45, 2.75) is 62.8 Å². The van der Waals surface area contributed by atoms with Gasteiger partial charge in [-0.3, -0.25) is 4.79 Å². The molecule has 2 aliphatic heterocycles. The number of fused-ring (bicyclic) bond motifs is 1. The summed E-state index contributed by atoms with van der Waals surface area (Å²) in [5.41, 5.74) is 1.89. The summed E-state index contributed by atoms with van der Waals surface area (Å²) in [4.78, 5) is 15.0. The van der Waals surface area contributed by atoms with E-state index in [-0.39, 0.29) is 17.9 Å². The van der Waals surface area contributed by atoms with E-state index in [9.17, 15) is 13.2 Å². The zero-order chi connectivity index (χ0) is 17.6. The van der Waals surface area contributed by atoms with Gasteiger partial charge in [-0.25, -0.2) is 8.42 Å². The second-order valence-corrected chi connectivity index (χ2v) is 9.58. The number of rotatable bonds is 3. The normalized spacial score (nSPS) is 24.8. The lowest BCUT2D eigenvalue weighted by Gasteiger charge is -2.32. The maximum Gasteiger partial charge on any atom is 0.243 e. The molecular weight excluding hydrogens is 336 g/mol. The predicted molar refractivity (Wildman–Crippen MR) is 97.0 cm³/mol. The van der Waals surface area contributed by atoms with Crippen LogP contribution in [0.2, 0.25) is 0 Å². The highest BCUT2D eigenvalue weighted by Gasteiger charge is 2.37. The SMILES string of the molecule is C[C@H]1Cc2cc(S(=O)(=O)N3CCCCC3)ccc2N1C(=O)C1CCC1. The fourth-order valence-corrected chi connectivity index (χ4v) is 5.78. The Bertz CT molecular complexity index is 780. The van der Waals surface area contributed by atoms with Crippen LogP contribution in [0.5, 0.6) is 0 Å². The van der Waals surface area contributed by atoms with E-state index in [0.717, 1.165) is 56.2 Å². The fourth-order valence-electron chi connectivity index (χ4n) is 4.21. The Morgan fingerprint density at radius 2 is 1.80 bits per heavy atom. The number of piperidine rings is 1. The van der Waals surface area contributed by atoms with E-state index in [4.69, 9.17) is 0 Å². The van der Waals surface area contributed by atoms with Crippen LogP contribution in [0, 0.1) is 5.92 Å². The molecule has 4 rings (SSSR count). The second-order valence-electron chi connectivity index (χ2n) is 7.64. The average Bonchev–Trinajstić information content (AvgIpc) is 2.88. The maximum atomic E-state index is 12.9. The third-order valence-corrected chi connectivity index (χ3v) is 7.81. The number of hydrogen-bond acceptors (Lipinski definition) is 3. The first-order valence-corrected chi connectivity index (χ1v) is 10.9. The zero-order valence-electron chi connectivity index (χ0n) is 14.8. The van der Waals surface area contributed by atoms with Crippen LogP contribution in [-0.4, -0.2) is 37.8 Å². The van der Waals surface area contributed by atoms with Crippen molar-refractivity contribution in [2.24, 2.45) is 5.92 Å². The van der Waals surface area contributed by atoms with Gasteiger partial charge in [0.15, 0.2) is 0 Å². The predicted octanol–water partition coefficient (Wildman–Crippen LogP) is 2.94. The highest BCUT2D eigenvalue weighted by atomic mass is 32.2. The van der Waals surface area contributed by atoms with Gasteiger partial charge in [0.25, 0.3) is 0 Å². The van der Waals surface area contributed by atoms with Crippen LogP contribution >= 0.6 is 0 Å². The minimum absolute atomic E-state index is 0.107. The molecule has 1 saturated heterocycles. The topological polar surface area (TPSA) is 57.7 Å². The molecule has 1 aromatic carbocycles. The van der Waals surface area contributed by atoms with Gasteiger partial charge in [-0.2, -0.15) is 4.31 Å². The Hall–Kier alpha value is -1.40. The third kappa shape index (κ3) is 2.89. The van der Waals surface area contributed by atoms with E-state index in [1.165, 1.54) is 0 Å². The monoisotopic (exact) mass is 362 g/mol. The molecule has 1 aliphatic carbocycles. The second kappa shape index (κ2) is 6.40. The van der Waals surface area contributed by atoms with Crippen molar-refractivity contribution in [2.75, 3.05) is 18.0 Å². The van der Waals surface area contributed by atoms with Crippen molar-refractivity contribution in [1.29, 1.82) is 0 Å². The molecule has 0 bridgehead atoms. The van der Waals surface area contributed by atoms with Gasteiger partial charge in [-0.1, -0.05) is 12.8 Å². The first-order chi connectivity index (χ1) is 12.0. The van der Waals surface area contributed by atoms with E-state index in [1.807, 2.05) is 11.0 Å². The van der Waals surface area contributed by atoms with Gasteiger partial charge in [0.05, 0.1) is 4.90 Å². The molecule has 0 N–H and O–H groups in total. The van der Waals surface area contributed by atoms with Crippen molar-refractivity contribution in [3.63, 3.8) is 0 Å². The lowest BCUT2D eigenvalue weighted by Crippen LogP contribution is -2.42. The quantitative estimate of drug-likeness (QED) is 0.831. The first kappa shape index (κ1) is 17.0. The van der Waals surface area contributed by atoms with Crippen molar-refractivity contribution < 1.29 is 13.2 Å². The standard InChI is InChI=1S/C19H26N2O3S/c1-14-12-16-13-17(25(23,24)20-10-3-2-4-11-20)8-9-18(16)21(14)19(22)15-6-5-7-15/h8-9,13-15H,2-7,10-12H2,1H3/t14-/m0/s1. The molecule has 5 nitrogen and oxygen atoms in total. The van der Waals surface area contributed by atoms with Gasteiger partial charge in [0, 0.05) is 30.7 Å². The summed E-state index contributed by atoms with van der Waals surface area (Å²) in [7, 11) is -3.42. The minimum atomic E-state index is -3.42. The van der Waals surface area contributed by atoms with Gasteiger partial charge in [-0.05, 0) is 62.8 Å².